The molecule has 0 saturated carbocycles. The van der Waals surface area contributed by atoms with Gasteiger partial charge in [-0.05, 0) is 31.0 Å². The lowest BCUT2D eigenvalue weighted by atomic mass is 10.2. The van der Waals surface area contributed by atoms with Gasteiger partial charge in [0.2, 0.25) is 6.41 Å². The standard InChI is InChI=1S/C18H22ClN3O3/c1-3-25-10-4-5-17-20-18(21(2)13-24)16(12-23)22(17)11-14-6-8-15(19)9-7-14/h6-9,12-13H,3-5,10-11H2,1-2H3. The molecule has 0 aliphatic heterocycles. The minimum atomic E-state index is 0.366. The number of nitrogens with zero attached hydrogens (tertiary/aromatic N) is 3. The number of ether oxygens (including phenoxy) is 1. The van der Waals surface area contributed by atoms with E-state index in [9.17, 15) is 9.59 Å². The first-order valence-electron chi connectivity index (χ1n) is 8.15. The van der Waals surface area contributed by atoms with Crippen LogP contribution in [0.25, 0.3) is 0 Å². The molecule has 6 nitrogen and oxygen atoms in total. The Balaban J connectivity index is 2.34. The Morgan fingerprint density at radius 2 is 2.00 bits per heavy atom. The van der Waals surface area contributed by atoms with Gasteiger partial charge in [-0.15, -0.1) is 0 Å². The average Bonchev–Trinajstić information content (AvgIpc) is 2.97. The van der Waals surface area contributed by atoms with E-state index in [0.717, 1.165) is 24.1 Å². The molecule has 2 rings (SSSR count). The Labute approximate surface area is 152 Å². The number of hydrogen-bond acceptors (Lipinski definition) is 4. The second-order valence-corrected chi connectivity index (χ2v) is 6.02. The summed E-state index contributed by atoms with van der Waals surface area (Å²) in [7, 11) is 1.58. The molecule has 0 aliphatic carbocycles. The molecule has 2 aromatic rings. The molecule has 0 atom stereocenters. The lowest BCUT2D eigenvalue weighted by Crippen LogP contribution is -2.16. The van der Waals surface area contributed by atoms with Crippen molar-refractivity contribution >= 4 is 30.1 Å². The minimum Gasteiger partial charge on any atom is -0.382 e. The van der Waals surface area contributed by atoms with Gasteiger partial charge < -0.3 is 14.2 Å². The van der Waals surface area contributed by atoms with Crippen LogP contribution in [0.3, 0.4) is 0 Å². The van der Waals surface area contributed by atoms with Gasteiger partial charge in [0.15, 0.2) is 12.1 Å². The predicted molar refractivity (Wildman–Crippen MR) is 97.4 cm³/mol. The number of benzene rings is 1. The summed E-state index contributed by atoms with van der Waals surface area (Å²) >= 11 is 5.93. The van der Waals surface area contributed by atoms with Gasteiger partial charge in [-0.2, -0.15) is 0 Å². The molecule has 0 fully saturated rings. The van der Waals surface area contributed by atoms with Gasteiger partial charge in [-0.3, -0.25) is 9.59 Å². The third-order valence-corrected chi connectivity index (χ3v) is 4.07. The van der Waals surface area contributed by atoms with Crippen LogP contribution in [0.2, 0.25) is 5.02 Å². The van der Waals surface area contributed by atoms with Crippen molar-refractivity contribution in [2.24, 2.45) is 0 Å². The van der Waals surface area contributed by atoms with Crippen molar-refractivity contribution in [2.75, 3.05) is 25.2 Å². The molecule has 7 heteroatoms. The highest BCUT2D eigenvalue weighted by Gasteiger charge is 2.19. The van der Waals surface area contributed by atoms with E-state index in [0.29, 0.717) is 49.1 Å². The van der Waals surface area contributed by atoms with Crippen molar-refractivity contribution in [3.05, 3.63) is 46.4 Å². The number of aromatic nitrogens is 2. The average molecular weight is 364 g/mol. The molecule has 0 unspecified atom stereocenters. The highest BCUT2D eigenvalue weighted by atomic mass is 35.5. The van der Waals surface area contributed by atoms with Crippen molar-refractivity contribution in [3.63, 3.8) is 0 Å². The molecule has 0 radical (unpaired) electrons. The Hall–Kier alpha value is -2.18. The van der Waals surface area contributed by atoms with Gasteiger partial charge in [-0.1, -0.05) is 23.7 Å². The Morgan fingerprint density at radius 1 is 1.28 bits per heavy atom. The molecular weight excluding hydrogens is 342 g/mol. The summed E-state index contributed by atoms with van der Waals surface area (Å²) in [6.07, 6.45) is 2.82. The monoisotopic (exact) mass is 363 g/mol. The molecule has 1 heterocycles. The first kappa shape index (κ1) is 19.1. The quantitative estimate of drug-likeness (QED) is 0.481. The first-order chi connectivity index (χ1) is 12.1. The largest absolute Gasteiger partial charge is 0.382 e. The third kappa shape index (κ3) is 4.90. The second-order valence-electron chi connectivity index (χ2n) is 5.58. The zero-order chi connectivity index (χ0) is 18.2. The van der Waals surface area contributed by atoms with Gasteiger partial charge in [0.1, 0.15) is 11.5 Å². The molecule has 0 saturated heterocycles. The van der Waals surface area contributed by atoms with Crippen molar-refractivity contribution in [1.29, 1.82) is 0 Å². The van der Waals surface area contributed by atoms with Gasteiger partial charge in [-0.25, -0.2) is 4.98 Å². The highest BCUT2D eigenvalue weighted by molar-refractivity contribution is 6.30. The van der Waals surface area contributed by atoms with Gasteiger partial charge in [0, 0.05) is 38.2 Å². The van der Waals surface area contributed by atoms with E-state index >= 15 is 0 Å². The zero-order valence-electron chi connectivity index (χ0n) is 14.4. The van der Waals surface area contributed by atoms with E-state index in [-0.39, 0.29) is 0 Å². The van der Waals surface area contributed by atoms with E-state index in [2.05, 4.69) is 4.98 Å². The van der Waals surface area contributed by atoms with Crippen LogP contribution in [0.1, 0.15) is 35.2 Å². The summed E-state index contributed by atoms with van der Waals surface area (Å²) in [6, 6.07) is 7.43. The van der Waals surface area contributed by atoms with Crippen LogP contribution in [0.15, 0.2) is 24.3 Å². The number of halogens is 1. The van der Waals surface area contributed by atoms with Crippen LogP contribution in [0, 0.1) is 0 Å². The Bertz CT molecular complexity index is 713. The van der Waals surface area contributed by atoms with Crippen molar-refractivity contribution in [1.82, 2.24) is 9.55 Å². The maximum absolute atomic E-state index is 11.7. The molecule has 0 bridgehead atoms. The number of aryl methyl sites for hydroxylation is 1. The van der Waals surface area contributed by atoms with Crippen molar-refractivity contribution in [3.8, 4) is 0 Å². The van der Waals surface area contributed by atoms with E-state index in [4.69, 9.17) is 16.3 Å². The smallest absolute Gasteiger partial charge is 0.215 e. The molecular formula is C18H22ClN3O3. The summed E-state index contributed by atoms with van der Waals surface area (Å²) in [5.74, 6) is 1.12. The fraction of sp³-hybridized carbons (Fsp3) is 0.389. The Kier molecular flexibility index (Phi) is 7.16. The van der Waals surface area contributed by atoms with Gasteiger partial charge in [0.25, 0.3) is 0 Å². The predicted octanol–water partition coefficient (Wildman–Crippen LogP) is 2.96. The van der Waals surface area contributed by atoms with Crippen LogP contribution >= 0.6 is 11.6 Å². The summed E-state index contributed by atoms with van der Waals surface area (Å²) in [6.45, 7) is 3.72. The summed E-state index contributed by atoms with van der Waals surface area (Å²) in [4.78, 5) is 28.6. The minimum absolute atomic E-state index is 0.366. The number of imidazole rings is 1. The SMILES string of the molecule is CCOCCCc1nc(N(C)C=O)c(C=O)n1Cc1ccc(Cl)cc1. The number of carbonyl (C=O) groups is 2. The lowest BCUT2D eigenvalue weighted by Gasteiger charge is -2.11. The molecule has 0 aliphatic rings. The first-order valence-corrected chi connectivity index (χ1v) is 8.53. The fourth-order valence-electron chi connectivity index (χ4n) is 2.54. The zero-order valence-corrected chi connectivity index (χ0v) is 15.2. The number of rotatable bonds is 10. The molecule has 25 heavy (non-hydrogen) atoms. The molecule has 1 aromatic carbocycles. The number of aldehydes is 1. The van der Waals surface area contributed by atoms with Crippen molar-refractivity contribution < 1.29 is 14.3 Å². The van der Waals surface area contributed by atoms with Gasteiger partial charge in [0.05, 0.1) is 0 Å². The van der Waals surface area contributed by atoms with E-state index in [1.807, 2.05) is 35.8 Å². The normalized spacial score (nSPS) is 10.7. The van der Waals surface area contributed by atoms with Crippen LogP contribution in [0.5, 0.6) is 0 Å². The number of amides is 1. The molecule has 1 aromatic heterocycles. The van der Waals surface area contributed by atoms with Crippen LogP contribution < -0.4 is 4.90 Å². The maximum atomic E-state index is 11.7. The van der Waals surface area contributed by atoms with E-state index < -0.39 is 0 Å². The highest BCUT2D eigenvalue weighted by Crippen LogP contribution is 2.21. The van der Waals surface area contributed by atoms with E-state index in [1.54, 1.807) is 7.05 Å². The van der Waals surface area contributed by atoms with Crippen LogP contribution in [-0.2, 0) is 22.5 Å². The maximum Gasteiger partial charge on any atom is 0.215 e. The molecule has 134 valence electrons. The molecule has 0 N–H and O–H groups in total. The second kappa shape index (κ2) is 9.34. The topological polar surface area (TPSA) is 64.4 Å². The van der Waals surface area contributed by atoms with Gasteiger partial charge >= 0.3 is 0 Å². The molecule has 0 spiro atoms. The molecule has 1 amide bonds. The third-order valence-electron chi connectivity index (χ3n) is 3.82. The van der Waals surface area contributed by atoms with Crippen LogP contribution in [0.4, 0.5) is 5.82 Å². The number of hydrogen-bond donors (Lipinski definition) is 0. The summed E-state index contributed by atoms with van der Waals surface area (Å²) in [5.41, 5.74) is 1.38. The van der Waals surface area contributed by atoms with E-state index in [1.165, 1.54) is 4.90 Å². The summed E-state index contributed by atoms with van der Waals surface area (Å²) < 4.78 is 7.22. The van der Waals surface area contributed by atoms with Crippen molar-refractivity contribution in [2.45, 2.75) is 26.3 Å². The number of carbonyl (C=O) groups excluding carboxylic acids is 2. The Morgan fingerprint density at radius 3 is 2.60 bits per heavy atom. The fourth-order valence-corrected chi connectivity index (χ4v) is 2.67. The number of anilines is 1. The van der Waals surface area contributed by atoms with Crippen LogP contribution in [-0.4, -0.2) is 42.5 Å². The summed E-state index contributed by atoms with van der Waals surface area (Å²) in [5, 5.41) is 0.656. The lowest BCUT2D eigenvalue weighted by molar-refractivity contribution is -0.107.